The van der Waals surface area contributed by atoms with Crippen molar-refractivity contribution in [3.8, 4) is 0 Å². The highest BCUT2D eigenvalue weighted by atomic mass is 35.5. The van der Waals surface area contributed by atoms with Crippen LogP contribution in [0.15, 0.2) is 36.4 Å². The molecule has 3 rings (SSSR count). The van der Waals surface area contributed by atoms with E-state index in [0.29, 0.717) is 11.6 Å². The van der Waals surface area contributed by atoms with E-state index >= 15 is 0 Å². The van der Waals surface area contributed by atoms with Crippen molar-refractivity contribution in [2.75, 3.05) is 37.6 Å². The number of aromatic nitrogens is 2. The molecule has 0 saturated carbocycles. The third-order valence-electron chi connectivity index (χ3n) is 4.39. The first kappa shape index (κ1) is 17.1. The van der Waals surface area contributed by atoms with E-state index in [0.717, 1.165) is 49.7 Å². The van der Waals surface area contributed by atoms with Gasteiger partial charge in [0, 0.05) is 43.3 Å². The molecule has 5 nitrogen and oxygen atoms in total. The van der Waals surface area contributed by atoms with E-state index in [1.54, 1.807) is 0 Å². The van der Waals surface area contributed by atoms with E-state index < -0.39 is 6.10 Å². The van der Waals surface area contributed by atoms with Crippen molar-refractivity contribution in [1.29, 1.82) is 0 Å². The fourth-order valence-corrected chi connectivity index (χ4v) is 3.29. The number of aliphatic hydroxyl groups excluding tert-OH is 1. The number of nitrogens with zero attached hydrogens (tertiary/aromatic N) is 4. The van der Waals surface area contributed by atoms with Crippen molar-refractivity contribution in [2.24, 2.45) is 0 Å². The lowest BCUT2D eigenvalue weighted by Gasteiger charge is -2.24. The van der Waals surface area contributed by atoms with Crippen LogP contribution in [-0.2, 0) is 0 Å². The maximum absolute atomic E-state index is 10.5. The van der Waals surface area contributed by atoms with Crippen molar-refractivity contribution < 1.29 is 5.11 Å². The molecular formula is C18H23ClN4O. The average molecular weight is 347 g/mol. The van der Waals surface area contributed by atoms with Gasteiger partial charge < -0.3 is 10.0 Å². The molecule has 0 bridgehead atoms. The number of β-amino-alcohol motifs (C(OH)–C–C–N with tert-alkyl or cyclic N) is 1. The lowest BCUT2D eigenvalue weighted by molar-refractivity contribution is 0.117. The Hall–Kier alpha value is -1.69. The van der Waals surface area contributed by atoms with Crippen LogP contribution in [0.1, 0.15) is 23.8 Å². The smallest absolute Gasteiger partial charge is 0.151 e. The predicted octanol–water partition coefficient (Wildman–Crippen LogP) is 2.68. The molecule has 6 heteroatoms. The maximum Gasteiger partial charge on any atom is 0.151 e. The van der Waals surface area contributed by atoms with Gasteiger partial charge in [0.1, 0.15) is 0 Å². The Bertz CT molecular complexity index is 664. The van der Waals surface area contributed by atoms with E-state index in [-0.39, 0.29) is 0 Å². The summed E-state index contributed by atoms with van der Waals surface area (Å²) in [6.45, 7) is 6.21. The number of hydrogen-bond donors (Lipinski definition) is 1. The molecule has 0 spiro atoms. The standard InChI is InChI=1S/C18H23ClN4O/c1-14-7-8-18(21-20-14)23-10-4-9-22(11-12-23)13-17(24)15-5-2-3-6-16(15)19/h2-3,5-8,17,24H,4,9-13H2,1H3. The summed E-state index contributed by atoms with van der Waals surface area (Å²) in [6, 6.07) is 11.5. The monoisotopic (exact) mass is 346 g/mol. The quantitative estimate of drug-likeness (QED) is 0.922. The Labute approximate surface area is 147 Å². The molecule has 1 fully saturated rings. The molecule has 1 saturated heterocycles. The number of halogens is 1. The maximum atomic E-state index is 10.5. The molecule has 1 aromatic carbocycles. The lowest BCUT2D eigenvalue weighted by atomic mass is 10.1. The van der Waals surface area contributed by atoms with Gasteiger partial charge in [-0.3, -0.25) is 4.90 Å². The zero-order chi connectivity index (χ0) is 16.9. The first-order valence-electron chi connectivity index (χ1n) is 8.33. The molecule has 0 radical (unpaired) electrons. The van der Waals surface area contributed by atoms with Crippen LogP contribution in [0, 0.1) is 6.92 Å². The summed E-state index contributed by atoms with van der Waals surface area (Å²) in [5, 5.41) is 19.5. The Morgan fingerprint density at radius 2 is 1.92 bits per heavy atom. The van der Waals surface area contributed by atoms with Gasteiger partial charge in [-0.1, -0.05) is 29.8 Å². The van der Waals surface area contributed by atoms with Gasteiger partial charge in [-0.25, -0.2) is 0 Å². The summed E-state index contributed by atoms with van der Waals surface area (Å²) in [5.74, 6) is 0.925. The van der Waals surface area contributed by atoms with Gasteiger partial charge in [0.2, 0.25) is 0 Å². The molecule has 0 amide bonds. The molecule has 1 aliphatic heterocycles. The van der Waals surface area contributed by atoms with Crippen LogP contribution in [-0.4, -0.2) is 52.9 Å². The first-order valence-corrected chi connectivity index (χ1v) is 8.71. The van der Waals surface area contributed by atoms with Crippen molar-refractivity contribution in [1.82, 2.24) is 15.1 Å². The number of aryl methyl sites for hydroxylation is 1. The van der Waals surface area contributed by atoms with E-state index in [1.807, 2.05) is 43.3 Å². The van der Waals surface area contributed by atoms with Crippen LogP contribution >= 0.6 is 11.6 Å². The van der Waals surface area contributed by atoms with Gasteiger partial charge in [-0.15, -0.1) is 5.10 Å². The predicted molar refractivity (Wildman–Crippen MR) is 96.5 cm³/mol. The number of anilines is 1. The van der Waals surface area contributed by atoms with Crippen LogP contribution in [0.25, 0.3) is 0 Å². The number of hydrogen-bond acceptors (Lipinski definition) is 5. The zero-order valence-electron chi connectivity index (χ0n) is 13.9. The molecule has 1 aromatic heterocycles. The summed E-state index contributed by atoms with van der Waals surface area (Å²) in [6.07, 6.45) is 0.467. The van der Waals surface area contributed by atoms with Gasteiger partial charge >= 0.3 is 0 Å². The van der Waals surface area contributed by atoms with Crippen LogP contribution in [0.3, 0.4) is 0 Å². The Balaban J connectivity index is 1.59. The highest BCUT2D eigenvalue weighted by Crippen LogP contribution is 2.24. The molecule has 1 atom stereocenters. The van der Waals surface area contributed by atoms with E-state index in [1.165, 1.54) is 0 Å². The molecule has 1 N–H and O–H groups in total. The summed E-state index contributed by atoms with van der Waals surface area (Å²) >= 11 is 6.18. The summed E-state index contributed by atoms with van der Waals surface area (Å²) in [4.78, 5) is 4.55. The van der Waals surface area contributed by atoms with Gasteiger partial charge in [0.15, 0.2) is 5.82 Å². The van der Waals surface area contributed by atoms with Gasteiger partial charge in [-0.2, -0.15) is 5.10 Å². The third kappa shape index (κ3) is 4.23. The number of rotatable bonds is 4. The molecule has 1 aliphatic rings. The van der Waals surface area contributed by atoms with Crippen molar-refractivity contribution in [3.05, 3.63) is 52.7 Å². The molecular weight excluding hydrogens is 324 g/mol. The minimum absolute atomic E-state index is 0.565. The van der Waals surface area contributed by atoms with Crippen LogP contribution < -0.4 is 4.90 Å². The Morgan fingerprint density at radius 3 is 2.67 bits per heavy atom. The fraction of sp³-hybridized carbons (Fsp3) is 0.444. The largest absolute Gasteiger partial charge is 0.387 e. The Morgan fingerprint density at radius 1 is 1.08 bits per heavy atom. The second kappa shape index (κ2) is 7.92. The number of benzene rings is 1. The van der Waals surface area contributed by atoms with Crippen molar-refractivity contribution in [3.63, 3.8) is 0 Å². The molecule has 1 unspecified atom stereocenters. The van der Waals surface area contributed by atoms with Gasteiger partial charge in [-0.05, 0) is 31.5 Å². The summed E-state index contributed by atoms with van der Waals surface area (Å²) in [7, 11) is 0. The topological polar surface area (TPSA) is 52.5 Å². The molecule has 0 aliphatic carbocycles. The van der Waals surface area contributed by atoms with Gasteiger partial charge in [0.25, 0.3) is 0 Å². The molecule has 2 aromatic rings. The molecule has 128 valence electrons. The van der Waals surface area contributed by atoms with Crippen LogP contribution in [0.4, 0.5) is 5.82 Å². The Kier molecular flexibility index (Phi) is 5.66. The summed E-state index contributed by atoms with van der Waals surface area (Å²) in [5.41, 5.74) is 1.72. The second-order valence-corrected chi connectivity index (χ2v) is 6.62. The van der Waals surface area contributed by atoms with E-state index in [4.69, 9.17) is 11.6 Å². The first-order chi connectivity index (χ1) is 11.6. The minimum Gasteiger partial charge on any atom is -0.387 e. The summed E-state index contributed by atoms with van der Waals surface area (Å²) < 4.78 is 0. The third-order valence-corrected chi connectivity index (χ3v) is 4.74. The SMILES string of the molecule is Cc1ccc(N2CCCN(CC(O)c3ccccc3Cl)CC2)nn1. The molecule has 2 heterocycles. The van der Waals surface area contributed by atoms with E-state index in [9.17, 15) is 5.11 Å². The normalized spacial score (nSPS) is 17.5. The van der Waals surface area contributed by atoms with Crippen LogP contribution in [0.5, 0.6) is 0 Å². The van der Waals surface area contributed by atoms with Gasteiger partial charge in [0.05, 0.1) is 11.8 Å². The van der Waals surface area contributed by atoms with E-state index in [2.05, 4.69) is 20.0 Å². The lowest BCUT2D eigenvalue weighted by Crippen LogP contribution is -2.33. The van der Waals surface area contributed by atoms with Crippen LogP contribution in [0.2, 0.25) is 5.02 Å². The second-order valence-electron chi connectivity index (χ2n) is 6.21. The zero-order valence-corrected chi connectivity index (χ0v) is 14.7. The highest BCUT2D eigenvalue weighted by Gasteiger charge is 2.20. The van der Waals surface area contributed by atoms with Crippen molar-refractivity contribution in [2.45, 2.75) is 19.4 Å². The minimum atomic E-state index is -0.565. The fourth-order valence-electron chi connectivity index (χ4n) is 3.03. The number of aliphatic hydroxyl groups is 1. The molecule has 24 heavy (non-hydrogen) atoms. The van der Waals surface area contributed by atoms with Crippen molar-refractivity contribution >= 4 is 17.4 Å². The highest BCUT2D eigenvalue weighted by molar-refractivity contribution is 6.31. The average Bonchev–Trinajstić information content (AvgIpc) is 2.81.